The maximum Gasteiger partial charge on any atom is 0.322 e. The number of aromatic nitrogens is 2. The molecule has 0 aliphatic carbocycles. The Morgan fingerprint density at radius 3 is 2.90 bits per heavy atom. The summed E-state index contributed by atoms with van der Waals surface area (Å²) in [5, 5.41) is 2.78. The second kappa shape index (κ2) is 6.51. The highest BCUT2D eigenvalue weighted by Gasteiger charge is 2.20. The lowest BCUT2D eigenvalue weighted by atomic mass is 10.1. The van der Waals surface area contributed by atoms with Gasteiger partial charge in [-0.15, -0.1) is 0 Å². The van der Waals surface area contributed by atoms with Crippen molar-refractivity contribution in [1.29, 1.82) is 0 Å². The number of carbonyl (C=O) groups excluding carboxylic acids is 1. The molecule has 1 aromatic heterocycles. The van der Waals surface area contributed by atoms with Crippen molar-refractivity contribution >= 4 is 17.7 Å². The zero-order valence-electron chi connectivity index (χ0n) is 12.2. The van der Waals surface area contributed by atoms with Crippen LogP contribution >= 0.6 is 0 Å². The van der Waals surface area contributed by atoms with Gasteiger partial charge in [-0.05, 0) is 6.42 Å². The Morgan fingerprint density at radius 2 is 2.25 bits per heavy atom. The van der Waals surface area contributed by atoms with E-state index >= 15 is 0 Å². The topological polar surface area (TPSA) is 70.6 Å². The molecule has 1 aliphatic heterocycles. The third kappa shape index (κ3) is 3.80. The van der Waals surface area contributed by atoms with Crippen LogP contribution in [0.15, 0.2) is 12.4 Å². The average molecular weight is 279 g/mol. The van der Waals surface area contributed by atoms with Crippen molar-refractivity contribution in [2.45, 2.75) is 6.42 Å². The molecule has 1 atom stereocenters. The van der Waals surface area contributed by atoms with Crippen LogP contribution in [-0.4, -0.2) is 61.8 Å². The Kier molecular flexibility index (Phi) is 4.73. The molecule has 0 aromatic carbocycles. The van der Waals surface area contributed by atoms with E-state index in [9.17, 15) is 4.79 Å². The number of rotatable bonds is 4. The molecule has 2 heterocycles. The van der Waals surface area contributed by atoms with Crippen LogP contribution < -0.4 is 10.2 Å². The fraction of sp³-hybridized carbons (Fsp3) is 0.615. The van der Waals surface area contributed by atoms with Crippen molar-refractivity contribution in [3.8, 4) is 0 Å². The first-order chi connectivity index (χ1) is 9.56. The molecular weight excluding hydrogens is 258 g/mol. The molecule has 2 rings (SSSR count). The van der Waals surface area contributed by atoms with Crippen LogP contribution in [0.4, 0.5) is 16.4 Å². The van der Waals surface area contributed by atoms with E-state index in [0.717, 1.165) is 25.5 Å². The third-order valence-electron chi connectivity index (χ3n) is 3.25. The van der Waals surface area contributed by atoms with E-state index in [0.29, 0.717) is 18.3 Å². The van der Waals surface area contributed by atoms with E-state index in [1.54, 1.807) is 18.0 Å². The van der Waals surface area contributed by atoms with Crippen LogP contribution in [0, 0.1) is 5.92 Å². The van der Waals surface area contributed by atoms with Crippen molar-refractivity contribution in [3.05, 3.63) is 12.4 Å². The first-order valence-electron chi connectivity index (χ1n) is 6.65. The van der Waals surface area contributed by atoms with Crippen LogP contribution in [0.2, 0.25) is 0 Å². The maximum atomic E-state index is 12.1. The highest BCUT2D eigenvalue weighted by atomic mass is 16.5. The smallest absolute Gasteiger partial charge is 0.322 e. The molecule has 0 spiro atoms. The van der Waals surface area contributed by atoms with E-state index in [-0.39, 0.29) is 6.03 Å². The van der Waals surface area contributed by atoms with Crippen molar-refractivity contribution in [2.75, 3.05) is 51.1 Å². The summed E-state index contributed by atoms with van der Waals surface area (Å²) in [6.45, 7) is 2.21. The van der Waals surface area contributed by atoms with Gasteiger partial charge in [-0.2, -0.15) is 0 Å². The minimum Gasteiger partial charge on any atom is -0.381 e. The van der Waals surface area contributed by atoms with Gasteiger partial charge in [-0.25, -0.2) is 14.8 Å². The summed E-state index contributed by atoms with van der Waals surface area (Å²) in [6, 6.07) is 1.57. The number of anilines is 2. The van der Waals surface area contributed by atoms with Gasteiger partial charge in [0.15, 0.2) is 0 Å². The minimum absolute atomic E-state index is 0.166. The highest BCUT2D eigenvalue weighted by Crippen LogP contribution is 2.15. The Balaban J connectivity index is 1.91. The van der Waals surface area contributed by atoms with E-state index < -0.39 is 0 Å². The normalized spacial score (nSPS) is 17.9. The van der Waals surface area contributed by atoms with E-state index in [1.165, 1.54) is 6.33 Å². The van der Waals surface area contributed by atoms with Crippen LogP contribution in [0.25, 0.3) is 0 Å². The van der Waals surface area contributed by atoms with Crippen molar-refractivity contribution in [2.24, 2.45) is 5.92 Å². The van der Waals surface area contributed by atoms with E-state index in [4.69, 9.17) is 4.74 Å². The molecule has 1 aromatic rings. The van der Waals surface area contributed by atoms with E-state index in [2.05, 4.69) is 15.3 Å². The van der Waals surface area contributed by atoms with Gasteiger partial charge in [-0.1, -0.05) is 0 Å². The summed E-state index contributed by atoms with van der Waals surface area (Å²) < 4.78 is 5.31. The van der Waals surface area contributed by atoms with E-state index in [1.807, 2.05) is 19.0 Å². The summed E-state index contributed by atoms with van der Waals surface area (Å²) in [4.78, 5) is 23.8. The fourth-order valence-corrected chi connectivity index (χ4v) is 2.06. The number of nitrogens with one attached hydrogen (secondary N) is 1. The summed E-state index contributed by atoms with van der Waals surface area (Å²) in [6.07, 6.45) is 2.45. The Hall–Kier alpha value is -1.89. The van der Waals surface area contributed by atoms with Gasteiger partial charge < -0.3 is 14.5 Å². The number of amides is 2. The molecule has 7 heteroatoms. The Bertz CT molecular complexity index is 460. The van der Waals surface area contributed by atoms with Gasteiger partial charge in [0.05, 0.1) is 6.61 Å². The van der Waals surface area contributed by atoms with Gasteiger partial charge in [0.2, 0.25) is 0 Å². The number of hydrogen-bond acceptors (Lipinski definition) is 5. The number of nitrogens with zero attached hydrogens (tertiary/aromatic N) is 4. The maximum absolute atomic E-state index is 12.1. The standard InChI is InChI=1S/C13H21N5O2/c1-17(2)12-6-11(14-9-15-12)16-13(19)18(3)7-10-4-5-20-8-10/h6,9-10H,4-5,7-8H2,1-3H3,(H,14,15,16,19)/t10-/m0/s1. The molecule has 1 N–H and O–H groups in total. The molecule has 2 amide bonds. The number of carbonyl (C=O) groups is 1. The first kappa shape index (κ1) is 14.5. The SMILES string of the molecule is CN(C[C@@H]1CCOC1)C(=O)Nc1cc(N(C)C)ncn1. The van der Waals surface area contributed by atoms with Crippen molar-refractivity contribution in [3.63, 3.8) is 0 Å². The number of urea groups is 1. The minimum atomic E-state index is -0.166. The van der Waals surface area contributed by atoms with Gasteiger partial charge in [0.1, 0.15) is 18.0 Å². The monoisotopic (exact) mass is 279 g/mol. The van der Waals surface area contributed by atoms with Crippen LogP contribution in [0.3, 0.4) is 0 Å². The molecule has 1 fully saturated rings. The zero-order chi connectivity index (χ0) is 14.5. The lowest BCUT2D eigenvalue weighted by Gasteiger charge is -2.20. The fourth-order valence-electron chi connectivity index (χ4n) is 2.06. The van der Waals surface area contributed by atoms with Gasteiger partial charge in [0.25, 0.3) is 0 Å². The molecule has 7 nitrogen and oxygen atoms in total. The molecule has 0 bridgehead atoms. The van der Waals surface area contributed by atoms with Crippen molar-refractivity contribution in [1.82, 2.24) is 14.9 Å². The molecule has 20 heavy (non-hydrogen) atoms. The second-order valence-corrected chi connectivity index (χ2v) is 5.20. The Labute approximate surface area is 118 Å². The summed E-state index contributed by atoms with van der Waals surface area (Å²) in [7, 11) is 5.56. The molecule has 0 radical (unpaired) electrons. The average Bonchev–Trinajstić information content (AvgIpc) is 2.91. The number of hydrogen-bond donors (Lipinski definition) is 1. The van der Waals surface area contributed by atoms with Crippen molar-refractivity contribution < 1.29 is 9.53 Å². The summed E-state index contributed by atoms with van der Waals surface area (Å²) in [5.74, 6) is 1.68. The highest BCUT2D eigenvalue weighted by molar-refractivity contribution is 5.88. The Morgan fingerprint density at radius 1 is 1.45 bits per heavy atom. The lowest BCUT2D eigenvalue weighted by molar-refractivity contribution is 0.175. The summed E-state index contributed by atoms with van der Waals surface area (Å²) >= 11 is 0. The molecule has 1 saturated heterocycles. The lowest BCUT2D eigenvalue weighted by Crippen LogP contribution is -2.35. The van der Waals surface area contributed by atoms with Crippen LogP contribution in [0.1, 0.15) is 6.42 Å². The molecule has 0 saturated carbocycles. The van der Waals surface area contributed by atoms with Crippen LogP contribution in [0.5, 0.6) is 0 Å². The largest absolute Gasteiger partial charge is 0.381 e. The van der Waals surface area contributed by atoms with Crippen LogP contribution in [-0.2, 0) is 4.74 Å². The second-order valence-electron chi connectivity index (χ2n) is 5.20. The predicted molar refractivity (Wildman–Crippen MR) is 76.9 cm³/mol. The third-order valence-corrected chi connectivity index (χ3v) is 3.25. The van der Waals surface area contributed by atoms with Gasteiger partial charge >= 0.3 is 6.03 Å². The predicted octanol–water partition coefficient (Wildman–Crippen LogP) is 1.04. The zero-order valence-corrected chi connectivity index (χ0v) is 12.2. The first-order valence-corrected chi connectivity index (χ1v) is 6.65. The van der Waals surface area contributed by atoms with Gasteiger partial charge in [-0.3, -0.25) is 5.32 Å². The molecule has 1 aliphatic rings. The molecular formula is C13H21N5O2. The van der Waals surface area contributed by atoms with Gasteiger partial charge in [0, 0.05) is 46.3 Å². The summed E-state index contributed by atoms with van der Waals surface area (Å²) in [5.41, 5.74) is 0. The number of ether oxygens (including phenoxy) is 1. The molecule has 110 valence electrons. The quantitative estimate of drug-likeness (QED) is 0.892. The molecule has 0 unspecified atom stereocenters.